The average Bonchev–Trinajstić information content (AvgIpc) is 2.35. The lowest BCUT2D eigenvalue weighted by Crippen LogP contribution is -2.44. The predicted molar refractivity (Wildman–Crippen MR) is 78.6 cm³/mol. The van der Waals surface area contributed by atoms with Gasteiger partial charge in [-0.15, -0.1) is 0 Å². The Morgan fingerprint density at radius 1 is 1.45 bits per heavy atom. The average molecular weight is 302 g/mol. The van der Waals surface area contributed by atoms with Gasteiger partial charge in [0.25, 0.3) is 0 Å². The van der Waals surface area contributed by atoms with E-state index in [4.69, 9.17) is 10.00 Å². The smallest absolute Gasteiger partial charge is 0.214 e. The second-order valence-corrected chi connectivity index (χ2v) is 8.25. The van der Waals surface area contributed by atoms with Crippen molar-refractivity contribution in [2.75, 3.05) is 32.1 Å². The van der Waals surface area contributed by atoms with E-state index < -0.39 is 15.4 Å². The molecular formula is C14H26N2O3S. The number of nitrogens with zero attached hydrogens (tertiary/aromatic N) is 2. The Hall–Kier alpha value is -0.640. The van der Waals surface area contributed by atoms with Crippen molar-refractivity contribution in [1.82, 2.24) is 4.31 Å². The quantitative estimate of drug-likeness (QED) is 0.721. The summed E-state index contributed by atoms with van der Waals surface area (Å²) in [5.41, 5.74) is -0.500. The maximum absolute atomic E-state index is 12.5. The zero-order valence-corrected chi connectivity index (χ0v) is 13.6. The van der Waals surface area contributed by atoms with E-state index >= 15 is 0 Å². The number of nitriles is 1. The van der Waals surface area contributed by atoms with Crippen molar-refractivity contribution in [1.29, 1.82) is 5.26 Å². The highest BCUT2D eigenvalue weighted by Gasteiger charge is 2.33. The zero-order valence-electron chi connectivity index (χ0n) is 12.8. The molecule has 1 atom stereocenters. The predicted octanol–water partition coefficient (Wildman–Crippen LogP) is 2.00. The highest BCUT2D eigenvalue weighted by Crippen LogP contribution is 2.26. The Kier molecular flexibility index (Phi) is 6.44. The number of hydrogen-bond acceptors (Lipinski definition) is 4. The minimum atomic E-state index is -3.29. The largest absolute Gasteiger partial charge is 0.381 e. The van der Waals surface area contributed by atoms with Crippen LogP contribution >= 0.6 is 0 Å². The lowest BCUT2D eigenvalue weighted by atomic mass is 9.93. The van der Waals surface area contributed by atoms with Crippen molar-refractivity contribution in [3.05, 3.63) is 0 Å². The molecule has 5 nitrogen and oxygen atoms in total. The molecule has 116 valence electrons. The molecule has 0 radical (unpaired) electrons. The maximum Gasteiger partial charge on any atom is 0.214 e. The van der Waals surface area contributed by atoms with Crippen molar-refractivity contribution in [2.45, 2.75) is 40.0 Å². The molecule has 0 saturated carbocycles. The number of hydrogen-bond donors (Lipinski definition) is 0. The third-order valence-corrected chi connectivity index (χ3v) is 5.83. The summed E-state index contributed by atoms with van der Waals surface area (Å²) in [5.74, 6) is 0.326. The fourth-order valence-corrected chi connectivity index (χ4v) is 4.67. The van der Waals surface area contributed by atoms with E-state index in [1.807, 2.05) is 20.8 Å². The molecule has 0 bridgehead atoms. The van der Waals surface area contributed by atoms with Gasteiger partial charge < -0.3 is 4.74 Å². The van der Waals surface area contributed by atoms with Crippen LogP contribution < -0.4 is 0 Å². The van der Waals surface area contributed by atoms with Crippen molar-refractivity contribution < 1.29 is 13.2 Å². The van der Waals surface area contributed by atoms with Gasteiger partial charge >= 0.3 is 0 Å². The summed E-state index contributed by atoms with van der Waals surface area (Å²) >= 11 is 0. The molecule has 0 aromatic carbocycles. The molecule has 0 aromatic rings. The van der Waals surface area contributed by atoms with Crippen molar-refractivity contribution in [3.63, 3.8) is 0 Å². The Labute approximate surface area is 123 Å². The first-order chi connectivity index (χ1) is 9.30. The van der Waals surface area contributed by atoms with E-state index in [-0.39, 0.29) is 18.1 Å². The molecule has 0 N–H and O–H groups in total. The summed E-state index contributed by atoms with van der Waals surface area (Å²) in [6.07, 6.45) is 2.16. The van der Waals surface area contributed by atoms with Crippen LogP contribution in [0.25, 0.3) is 0 Å². The first-order valence-electron chi connectivity index (χ1n) is 7.23. The number of rotatable bonds is 7. The van der Waals surface area contributed by atoms with Crippen molar-refractivity contribution in [2.24, 2.45) is 11.3 Å². The number of sulfonamides is 1. The molecule has 1 heterocycles. The molecule has 1 rings (SSSR count). The molecule has 6 heteroatoms. The second kappa shape index (κ2) is 7.39. The second-order valence-electron chi connectivity index (χ2n) is 6.28. The lowest BCUT2D eigenvalue weighted by molar-refractivity contribution is 0.0862. The molecule has 1 unspecified atom stereocenters. The van der Waals surface area contributed by atoms with E-state index in [0.29, 0.717) is 26.3 Å². The Bertz CT molecular complexity index is 440. The third kappa shape index (κ3) is 5.39. The summed E-state index contributed by atoms with van der Waals surface area (Å²) in [4.78, 5) is 0. The van der Waals surface area contributed by atoms with Gasteiger partial charge in [0.05, 0.1) is 18.4 Å². The van der Waals surface area contributed by atoms with Crippen LogP contribution in [0.15, 0.2) is 0 Å². The fraction of sp³-hybridized carbons (Fsp3) is 0.929. The monoisotopic (exact) mass is 302 g/mol. The normalized spacial score (nSPS) is 21.6. The van der Waals surface area contributed by atoms with Gasteiger partial charge in [0.15, 0.2) is 0 Å². The van der Waals surface area contributed by atoms with Crippen LogP contribution in [0.2, 0.25) is 0 Å². The molecule has 0 spiro atoms. The van der Waals surface area contributed by atoms with Gasteiger partial charge in [0.1, 0.15) is 0 Å². The van der Waals surface area contributed by atoms with Crippen LogP contribution in [0, 0.1) is 22.7 Å². The highest BCUT2D eigenvalue weighted by molar-refractivity contribution is 7.89. The van der Waals surface area contributed by atoms with Gasteiger partial charge in [-0.05, 0) is 31.1 Å². The summed E-state index contributed by atoms with van der Waals surface area (Å²) in [5, 5.41) is 8.77. The molecule has 0 aliphatic carbocycles. The van der Waals surface area contributed by atoms with Crippen LogP contribution in [-0.2, 0) is 14.8 Å². The Morgan fingerprint density at radius 3 is 2.75 bits per heavy atom. The van der Waals surface area contributed by atoms with E-state index in [0.717, 1.165) is 12.8 Å². The summed E-state index contributed by atoms with van der Waals surface area (Å²) in [7, 11) is -3.29. The molecule has 1 fully saturated rings. The molecule has 0 aromatic heterocycles. The fourth-order valence-electron chi connectivity index (χ4n) is 2.55. The van der Waals surface area contributed by atoms with Crippen LogP contribution in [0.1, 0.15) is 40.0 Å². The van der Waals surface area contributed by atoms with Gasteiger partial charge in [-0.2, -0.15) is 5.26 Å². The van der Waals surface area contributed by atoms with Crippen LogP contribution in [0.5, 0.6) is 0 Å². The van der Waals surface area contributed by atoms with Gasteiger partial charge in [0.2, 0.25) is 10.0 Å². The van der Waals surface area contributed by atoms with Crippen molar-refractivity contribution in [3.8, 4) is 6.07 Å². The van der Waals surface area contributed by atoms with Gasteiger partial charge in [-0.25, -0.2) is 12.7 Å². The third-order valence-electron chi connectivity index (χ3n) is 3.56. The molecule has 0 amide bonds. The molecule has 1 saturated heterocycles. The maximum atomic E-state index is 12.5. The highest BCUT2D eigenvalue weighted by atomic mass is 32.2. The van der Waals surface area contributed by atoms with E-state index in [9.17, 15) is 8.42 Å². The van der Waals surface area contributed by atoms with Crippen LogP contribution in [-0.4, -0.2) is 44.8 Å². The topological polar surface area (TPSA) is 70.4 Å². The first kappa shape index (κ1) is 17.4. The minimum Gasteiger partial charge on any atom is -0.381 e. The summed E-state index contributed by atoms with van der Waals surface area (Å²) in [6, 6.07) is 2.07. The zero-order chi connectivity index (χ0) is 15.2. The first-order valence-corrected chi connectivity index (χ1v) is 8.84. The summed E-state index contributed by atoms with van der Waals surface area (Å²) in [6.45, 7) is 8.04. The Morgan fingerprint density at radius 2 is 2.15 bits per heavy atom. The lowest BCUT2D eigenvalue weighted by Gasteiger charge is -2.34. The van der Waals surface area contributed by atoms with E-state index in [1.165, 1.54) is 0 Å². The molecule has 1 aliphatic heterocycles. The molecular weight excluding hydrogens is 276 g/mol. The Balaban J connectivity index is 2.65. The standard InChI is InChI=1S/C14H26N2O3S/c1-4-19-11-13-6-5-9-16(10-13)20(17,18)12-14(2,3)7-8-15/h13H,4-7,9-12H2,1-3H3. The summed E-state index contributed by atoms with van der Waals surface area (Å²) < 4.78 is 31.9. The molecule has 1 aliphatic rings. The van der Waals surface area contributed by atoms with E-state index in [2.05, 4.69) is 6.07 Å². The SMILES string of the molecule is CCOCC1CCCN(S(=O)(=O)CC(C)(C)CC#N)C1. The van der Waals surface area contributed by atoms with Crippen molar-refractivity contribution >= 4 is 10.0 Å². The minimum absolute atomic E-state index is 0.0366. The van der Waals surface area contributed by atoms with Gasteiger partial charge in [-0.1, -0.05) is 13.8 Å². The van der Waals surface area contributed by atoms with Crippen LogP contribution in [0.3, 0.4) is 0 Å². The van der Waals surface area contributed by atoms with Gasteiger partial charge in [0, 0.05) is 26.1 Å². The number of ether oxygens (including phenoxy) is 1. The number of piperidine rings is 1. The molecule has 20 heavy (non-hydrogen) atoms. The van der Waals surface area contributed by atoms with E-state index in [1.54, 1.807) is 4.31 Å². The van der Waals surface area contributed by atoms with Gasteiger partial charge in [-0.3, -0.25) is 0 Å². The van der Waals surface area contributed by atoms with Crippen LogP contribution in [0.4, 0.5) is 0 Å².